The molecule has 0 radical (unpaired) electrons. The second-order valence-electron chi connectivity index (χ2n) is 5.21. The third kappa shape index (κ3) is 2.28. The van der Waals surface area contributed by atoms with Crippen molar-refractivity contribution >= 4 is 28.1 Å². The minimum atomic E-state index is 0.749. The van der Waals surface area contributed by atoms with Gasteiger partial charge in [0.15, 0.2) is 0 Å². The molecule has 1 heterocycles. The van der Waals surface area contributed by atoms with Gasteiger partial charge in [-0.2, -0.15) is 0 Å². The lowest BCUT2D eigenvalue weighted by atomic mass is 9.97. The van der Waals surface area contributed by atoms with Gasteiger partial charge in [-0.3, -0.25) is 0 Å². The van der Waals surface area contributed by atoms with Crippen LogP contribution in [-0.2, 0) is 6.54 Å². The topological polar surface area (TPSA) is 4.93 Å². The number of aromatic nitrogens is 1. The zero-order chi connectivity index (χ0) is 15.0. The van der Waals surface area contributed by atoms with Gasteiger partial charge in [0.05, 0.1) is 0 Å². The third-order valence-electron chi connectivity index (χ3n) is 4.04. The number of hydrogen-bond donors (Lipinski definition) is 0. The molecule has 0 N–H and O–H groups in total. The van der Waals surface area contributed by atoms with Crippen molar-refractivity contribution in [2.75, 3.05) is 0 Å². The maximum Gasteiger partial charge on any atom is 0.0488 e. The maximum atomic E-state index is 5.98. The first-order chi connectivity index (χ1) is 10.1. The maximum absolute atomic E-state index is 5.98. The van der Waals surface area contributed by atoms with E-state index in [4.69, 9.17) is 11.6 Å². The highest BCUT2D eigenvalue weighted by atomic mass is 35.5. The molecule has 0 aliphatic carbocycles. The van der Waals surface area contributed by atoms with Crippen LogP contribution in [0.5, 0.6) is 0 Å². The smallest absolute Gasteiger partial charge is 0.0488 e. The van der Waals surface area contributed by atoms with E-state index in [1.807, 2.05) is 24.3 Å². The van der Waals surface area contributed by atoms with Crippen LogP contribution < -0.4 is 0 Å². The van der Waals surface area contributed by atoms with Crippen LogP contribution in [0, 0.1) is 6.92 Å². The Labute approximate surface area is 130 Å². The minimum absolute atomic E-state index is 0.749. The van der Waals surface area contributed by atoms with Gasteiger partial charge in [0, 0.05) is 33.7 Å². The highest BCUT2D eigenvalue weighted by Crippen LogP contribution is 2.34. The van der Waals surface area contributed by atoms with Crippen molar-refractivity contribution in [3.63, 3.8) is 0 Å². The summed E-state index contributed by atoms with van der Waals surface area (Å²) in [7, 11) is 0. The largest absolute Gasteiger partial charge is 0.345 e. The second kappa shape index (κ2) is 5.42. The van der Waals surface area contributed by atoms with E-state index < -0.39 is 0 Å². The molecular formula is C19H18ClN. The number of aryl methyl sites for hydroxylation is 1. The van der Waals surface area contributed by atoms with E-state index in [9.17, 15) is 0 Å². The van der Waals surface area contributed by atoms with Gasteiger partial charge in [-0.1, -0.05) is 48.5 Å². The van der Waals surface area contributed by atoms with Gasteiger partial charge >= 0.3 is 0 Å². The van der Waals surface area contributed by atoms with Crippen molar-refractivity contribution in [3.05, 3.63) is 77.0 Å². The van der Waals surface area contributed by atoms with Crippen LogP contribution >= 0.6 is 11.6 Å². The van der Waals surface area contributed by atoms with Crippen LogP contribution in [-0.4, -0.2) is 4.57 Å². The Kier molecular flexibility index (Phi) is 3.60. The van der Waals surface area contributed by atoms with Crippen molar-refractivity contribution in [3.8, 4) is 0 Å². The summed E-state index contributed by atoms with van der Waals surface area (Å²) in [5.74, 6) is 0. The van der Waals surface area contributed by atoms with E-state index >= 15 is 0 Å². The second-order valence-corrected chi connectivity index (χ2v) is 5.64. The Bertz CT molecular complexity index is 809. The van der Waals surface area contributed by atoms with E-state index in [1.165, 1.54) is 22.2 Å². The summed E-state index contributed by atoms with van der Waals surface area (Å²) in [5.41, 5.74) is 5.92. The molecule has 0 saturated heterocycles. The molecule has 0 unspecified atom stereocenters. The van der Waals surface area contributed by atoms with E-state index in [2.05, 4.69) is 49.3 Å². The Balaban J connectivity index is 2.22. The predicted molar refractivity (Wildman–Crippen MR) is 91.9 cm³/mol. The molecule has 0 atom stereocenters. The Hall–Kier alpha value is -1.99. The normalized spacial score (nSPS) is 11.0. The summed E-state index contributed by atoms with van der Waals surface area (Å²) < 4.78 is 2.34. The monoisotopic (exact) mass is 295 g/mol. The number of halogens is 1. The molecule has 1 aromatic heterocycles. The molecule has 2 heteroatoms. The third-order valence-corrected chi connectivity index (χ3v) is 4.29. The van der Waals surface area contributed by atoms with Crippen LogP contribution in [0.15, 0.2) is 55.1 Å². The van der Waals surface area contributed by atoms with E-state index in [1.54, 1.807) is 0 Å². The standard InChI is InChI=1S/C19H18ClN/c1-4-21-14(3)19(17-7-5-6-8-18(17)21)13(2)15-9-11-16(20)12-10-15/h5-12H,2,4H2,1,3H3. The lowest BCUT2D eigenvalue weighted by Gasteiger charge is -2.08. The molecule has 1 nitrogen and oxygen atoms in total. The van der Waals surface area contributed by atoms with Gasteiger partial charge in [0.1, 0.15) is 0 Å². The van der Waals surface area contributed by atoms with Crippen molar-refractivity contribution in [2.45, 2.75) is 20.4 Å². The first-order valence-corrected chi connectivity index (χ1v) is 7.54. The van der Waals surface area contributed by atoms with Gasteiger partial charge in [-0.15, -0.1) is 0 Å². The molecule has 0 amide bonds. The summed E-state index contributed by atoms with van der Waals surface area (Å²) >= 11 is 5.98. The summed E-state index contributed by atoms with van der Waals surface area (Å²) in [6.45, 7) is 9.63. The molecule has 3 rings (SSSR count). The number of para-hydroxylation sites is 1. The fraction of sp³-hybridized carbons (Fsp3) is 0.158. The van der Waals surface area contributed by atoms with Crippen molar-refractivity contribution in [1.29, 1.82) is 0 Å². The van der Waals surface area contributed by atoms with Crippen LogP contribution in [0.4, 0.5) is 0 Å². The molecule has 0 fully saturated rings. The van der Waals surface area contributed by atoms with Crippen molar-refractivity contribution in [2.24, 2.45) is 0 Å². The zero-order valence-electron chi connectivity index (χ0n) is 12.4. The van der Waals surface area contributed by atoms with Gasteiger partial charge < -0.3 is 4.57 Å². The summed E-state index contributed by atoms with van der Waals surface area (Å²) in [4.78, 5) is 0. The molecule has 2 aromatic carbocycles. The van der Waals surface area contributed by atoms with Gasteiger partial charge in [-0.25, -0.2) is 0 Å². The number of hydrogen-bond acceptors (Lipinski definition) is 0. The number of nitrogens with zero attached hydrogens (tertiary/aromatic N) is 1. The van der Waals surface area contributed by atoms with Gasteiger partial charge in [0.25, 0.3) is 0 Å². The minimum Gasteiger partial charge on any atom is -0.345 e. The van der Waals surface area contributed by atoms with E-state index in [-0.39, 0.29) is 0 Å². The van der Waals surface area contributed by atoms with E-state index in [0.717, 1.165) is 22.7 Å². The lowest BCUT2D eigenvalue weighted by Crippen LogP contribution is -1.97. The van der Waals surface area contributed by atoms with Gasteiger partial charge in [0.2, 0.25) is 0 Å². The summed E-state index contributed by atoms with van der Waals surface area (Å²) in [5, 5.41) is 2.01. The molecule has 0 aliphatic heterocycles. The molecule has 0 spiro atoms. The summed E-state index contributed by atoms with van der Waals surface area (Å²) in [6, 6.07) is 16.4. The molecule has 0 bridgehead atoms. The molecule has 21 heavy (non-hydrogen) atoms. The fourth-order valence-electron chi connectivity index (χ4n) is 3.01. The Morgan fingerprint density at radius 1 is 1.10 bits per heavy atom. The van der Waals surface area contributed by atoms with Gasteiger partial charge in [-0.05, 0) is 43.2 Å². The molecule has 0 saturated carbocycles. The molecular weight excluding hydrogens is 278 g/mol. The zero-order valence-corrected chi connectivity index (χ0v) is 13.1. The Morgan fingerprint density at radius 2 is 1.76 bits per heavy atom. The van der Waals surface area contributed by atoms with Crippen LogP contribution in [0.1, 0.15) is 23.7 Å². The molecule has 3 aromatic rings. The number of benzene rings is 2. The lowest BCUT2D eigenvalue weighted by molar-refractivity contribution is 0.768. The molecule has 0 aliphatic rings. The van der Waals surface area contributed by atoms with Crippen molar-refractivity contribution in [1.82, 2.24) is 4.57 Å². The number of rotatable bonds is 3. The van der Waals surface area contributed by atoms with Crippen LogP contribution in [0.3, 0.4) is 0 Å². The van der Waals surface area contributed by atoms with E-state index in [0.29, 0.717) is 0 Å². The first-order valence-electron chi connectivity index (χ1n) is 7.16. The quantitative estimate of drug-likeness (QED) is 0.585. The SMILES string of the molecule is C=C(c1ccc(Cl)cc1)c1c(C)n(CC)c2ccccc12. The summed E-state index contributed by atoms with van der Waals surface area (Å²) in [6.07, 6.45) is 0. The van der Waals surface area contributed by atoms with Crippen LogP contribution in [0.2, 0.25) is 5.02 Å². The average molecular weight is 296 g/mol. The number of fused-ring (bicyclic) bond motifs is 1. The fourth-order valence-corrected chi connectivity index (χ4v) is 3.14. The first kappa shape index (κ1) is 14.0. The predicted octanol–water partition coefficient (Wildman–Crippen LogP) is 5.68. The highest BCUT2D eigenvalue weighted by molar-refractivity contribution is 6.30. The van der Waals surface area contributed by atoms with Crippen molar-refractivity contribution < 1.29 is 0 Å². The molecule has 106 valence electrons. The average Bonchev–Trinajstić information content (AvgIpc) is 2.78. The van der Waals surface area contributed by atoms with Crippen LogP contribution in [0.25, 0.3) is 16.5 Å². The Morgan fingerprint density at radius 3 is 2.43 bits per heavy atom. The highest BCUT2D eigenvalue weighted by Gasteiger charge is 2.15.